The lowest BCUT2D eigenvalue weighted by Crippen LogP contribution is -2.22. The molecule has 1 fully saturated rings. The van der Waals surface area contributed by atoms with Gasteiger partial charge >= 0.3 is 0 Å². The van der Waals surface area contributed by atoms with Gasteiger partial charge in [-0.2, -0.15) is 0 Å². The van der Waals surface area contributed by atoms with Gasteiger partial charge in [-0.05, 0) is 31.0 Å². The van der Waals surface area contributed by atoms with Crippen molar-refractivity contribution in [2.24, 2.45) is 5.92 Å². The minimum atomic E-state index is 0.400. The molecule has 0 bridgehead atoms. The Morgan fingerprint density at radius 1 is 1.50 bits per heavy atom. The number of methoxy groups -OCH3 is 1. The van der Waals surface area contributed by atoms with Crippen molar-refractivity contribution in [1.29, 1.82) is 0 Å². The van der Waals surface area contributed by atoms with Gasteiger partial charge in [0.1, 0.15) is 5.75 Å². The number of hydrogen-bond acceptors (Lipinski definition) is 5. The van der Waals surface area contributed by atoms with Crippen LogP contribution >= 0.6 is 11.3 Å². The molecule has 1 aromatic heterocycles. The second-order valence-electron chi connectivity index (χ2n) is 5.10. The lowest BCUT2D eigenvalue weighted by molar-refractivity contribution is 0.0900. The van der Waals surface area contributed by atoms with E-state index in [2.05, 4.69) is 17.2 Å². The highest BCUT2D eigenvalue weighted by atomic mass is 32.1. The SMILES string of the molecule is CCC1OCCC1CNc1nc2ccc(OC)cc2s1. The number of nitrogens with one attached hydrogen (secondary N) is 1. The summed E-state index contributed by atoms with van der Waals surface area (Å²) >= 11 is 1.68. The first kappa shape index (κ1) is 13.6. The topological polar surface area (TPSA) is 43.4 Å². The van der Waals surface area contributed by atoms with Gasteiger partial charge in [-0.15, -0.1) is 0 Å². The van der Waals surface area contributed by atoms with Crippen molar-refractivity contribution in [3.8, 4) is 5.75 Å². The molecule has 2 aromatic rings. The molecule has 1 N–H and O–H groups in total. The molecule has 1 saturated heterocycles. The molecule has 20 heavy (non-hydrogen) atoms. The molecule has 0 amide bonds. The van der Waals surface area contributed by atoms with Crippen LogP contribution in [0.1, 0.15) is 19.8 Å². The second kappa shape index (κ2) is 5.97. The van der Waals surface area contributed by atoms with E-state index in [0.29, 0.717) is 12.0 Å². The molecule has 0 aliphatic carbocycles. The van der Waals surface area contributed by atoms with E-state index in [1.807, 2.05) is 18.2 Å². The molecule has 0 saturated carbocycles. The molecule has 108 valence electrons. The zero-order chi connectivity index (χ0) is 13.9. The van der Waals surface area contributed by atoms with E-state index in [1.54, 1.807) is 18.4 Å². The largest absolute Gasteiger partial charge is 0.497 e. The Labute approximate surface area is 123 Å². The highest BCUT2D eigenvalue weighted by molar-refractivity contribution is 7.22. The maximum Gasteiger partial charge on any atom is 0.183 e. The van der Waals surface area contributed by atoms with Gasteiger partial charge in [-0.3, -0.25) is 0 Å². The molecular formula is C15H20N2O2S. The smallest absolute Gasteiger partial charge is 0.183 e. The molecule has 2 unspecified atom stereocenters. The highest BCUT2D eigenvalue weighted by Crippen LogP contribution is 2.30. The zero-order valence-electron chi connectivity index (χ0n) is 11.9. The van der Waals surface area contributed by atoms with E-state index in [0.717, 1.165) is 47.1 Å². The lowest BCUT2D eigenvalue weighted by atomic mass is 10.00. The summed E-state index contributed by atoms with van der Waals surface area (Å²) in [7, 11) is 1.69. The summed E-state index contributed by atoms with van der Waals surface area (Å²) < 4.78 is 12.1. The van der Waals surface area contributed by atoms with Gasteiger partial charge in [0.05, 0.1) is 23.4 Å². The van der Waals surface area contributed by atoms with E-state index in [9.17, 15) is 0 Å². The van der Waals surface area contributed by atoms with Crippen LogP contribution in [0.4, 0.5) is 5.13 Å². The Morgan fingerprint density at radius 3 is 3.20 bits per heavy atom. The molecule has 1 aliphatic heterocycles. The Balaban J connectivity index is 1.68. The first-order valence-corrected chi connectivity index (χ1v) is 7.92. The van der Waals surface area contributed by atoms with Crippen molar-refractivity contribution >= 4 is 26.7 Å². The van der Waals surface area contributed by atoms with E-state index in [1.165, 1.54) is 0 Å². The number of hydrogen-bond donors (Lipinski definition) is 1. The van der Waals surface area contributed by atoms with Crippen LogP contribution in [0.2, 0.25) is 0 Å². The van der Waals surface area contributed by atoms with Crippen molar-refractivity contribution in [2.45, 2.75) is 25.9 Å². The molecule has 1 aliphatic rings. The molecule has 0 spiro atoms. The van der Waals surface area contributed by atoms with Gasteiger partial charge in [-0.1, -0.05) is 18.3 Å². The number of benzene rings is 1. The van der Waals surface area contributed by atoms with Crippen molar-refractivity contribution in [3.05, 3.63) is 18.2 Å². The minimum absolute atomic E-state index is 0.400. The number of nitrogens with zero attached hydrogens (tertiary/aromatic N) is 1. The number of ether oxygens (including phenoxy) is 2. The fourth-order valence-corrected chi connectivity index (χ4v) is 3.60. The van der Waals surface area contributed by atoms with Gasteiger partial charge in [0.2, 0.25) is 0 Å². The van der Waals surface area contributed by atoms with Crippen LogP contribution in [-0.2, 0) is 4.74 Å². The quantitative estimate of drug-likeness (QED) is 0.915. The first-order chi connectivity index (χ1) is 9.80. The summed E-state index contributed by atoms with van der Waals surface area (Å²) in [5.74, 6) is 1.48. The Morgan fingerprint density at radius 2 is 2.40 bits per heavy atom. The van der Waals surface area contributed by atoms with Gasteiger partial charge in [0, 0.05) is 19.1 Å². The number of thiazole rings is 1. The summed E-state index contributed by atoms with van der Waals surface area (Å²) in [6, 6.07) is 5.98. The molecule has 4 nitrogen and oxygen atoms in total. The Kier molecular flexibility index (Phi) is 4.08. The standard InChI is InChI=1S/C15H20N2O2S/c1-3-13-10(6-7-19-13)9-16-15-17-12-5-4-11(18-2)8-14(12)20-15/h4-5,8,10,13H,3,6-7,9H2,1-2H3,(H,16,17). The fourth-order valence-electron chi connectivity index (χ4n) is 2.70. The first-order valence-electron chi connectivity index (χ1n) is 7.10. The second-order valence-corrected chi connectivity index (χ2v) is 6.13. The number of aromatic nitrogens is 1. The molecule has 2 heterocycles. The summed E-state index contributed by atoms with van der Waals surface area (Å²) in [6.45, 7) is 4.02. The van der Waals surface area contributed by atoms with Gasteiger partial charge in [0.15, 0.2) is 5.13 Å². The van der Waals surface area contributed by atoms with Crippen LogP contribution in [0.5, 0.6) is 5.75 Å². The van der Waals surface area contributed by atoms with E-state index >= 15 is 0 Å². The van der Waals surface area contributed by atoms with Crippen molar-refractivity contribution < 1.29 is 9.47 Å². The van der Waals surface area contributed by atoms with E-state index in [4.69, 9.17) is 9.47 Å². The van der Waals surface area contributed by atoms with Crippen LogP contribution in [0.3, 0.4) is 0 Å². The molecular weight excluding hydrogens is 272 g/mol. The average molecular weight is 292 g/mol. The third-order valence-electron chi connectivity index (χ3n) is 3.86. The average Bonchev–Trinajstić information content (AvgIpc) is 3.09. The summed E-state index contributed by atoms with van der Waals surface area (Å²) in [5.41, 5.74) is 1.02. The molecule has 5 heteroatoms. The number of fused-ring (bicyclic) bond motifs is 1. The lowest BCUT2D eigenvalue weighted by Gasteiger charge is -2.16. The maximum atomic E-state index is 5.72. The van der Waals surface area contributed by atoms with Crippen molar-refractivity contribution in [3.63, 3.8) is 0 Å². The van der Waals surface area contributed by atoms with Gasteiger partial charge in [-0.25, -0.2) is 4.98 Å². The summed E-state index contributed by atoms with van der Waals surface area (Å²) in [6.07, 6.45) is 2.63. The maximum absolute atomic E-state index is 5.72. The third kappa shape index (κ3) is 2.74. The van der Waals surface area contributed by atoms with E-state index < -0.39 is 0 Å². The Bertz CT molecular complexity index is 584. The minimum Gasteiger partial charge on any atom is -0.497 e. The van der Waals surface area contributed by atoms with Crippen LogP contribution in [-0.4, -0.2) is 31.3 Å². The predicted octanol–water partition coefficient (Wildman–Crippen LogP) is 3.53. The van der Waals surface area contributed by atoms with Crippen molar-refractivity contribution in [1.82, 2.24) is 4.98 Å². The molecule has 1 aromatic carbocycles. The van der Waals surface area contributed by atoms with Crippen LogP contribution in [0, 0.1) is 5.92 Å². The number of rotatable bonds is 5. The van der Waals surface area contributed by atoms with Crippen LogP contribution in [0.15, 0.2) is 18.2 Å². The van der Waals surface area contributed by atoms with Gasteiger partial charge < -0.3 is 14.8 Å². The number of anilines is 1. The predicted molar refractivity (Wildman–Crippen MR) is 82.8 cm³/mol. The van der Waals surface area contributed by atoms with Crippen LogP contribution in [0.25, 0.3) is 10.2 Å². The third-order valence-corrected chi connectivity index (χ3v) is 4.84. The Hall–Kier alpha value is -1.33. The normalized spacial score (nSPS) is 22.3. The van der Waals surface area contributed by atoms with Crippen molar-refractivity contribution in [2.75, 3.05) is 25.6 Å². The monoisotopic (exact) mass is 292 g/mol. The fraction of sp³-hybridized carbons (Fsp3) is 0.533. The molecule has 2 atom stereocenters. The summed E-state index contributed by atoms with van der Waals surface area (Å²) in [5, 5.41) is 4.45. The zero-order valence-corrected chi connectivity index (χ0v) is 12.7. The molecule has 0 radical (unpaired) electrons. The molecule has 3 rings (SSSR count). The highest BCUT2D eigenvalue weighted by Gasteiger charge is 2.26. The van der Waals surface area contributed by atoms with Crippen LogP contribution < -0.4 is 10.1 Å². The van der Waals surface area contributed by atoms with E-state index in [-0.39, 0.29) is 0 Å². The summed E-state index contributed by atoms with van der Waals surface area (Å²) in [4.78, 5) is 4.61. The van der Waals surface area contributed by atoms with Gasteiger partial charge in [0.25, 0.3) is 0 Å².